The summed E-state index contributed by atoms with van der Waals surface area (Å²) in [5.41, 5.74) is 0.180. The van der Waals surface area contributed by atoms with E-state index in [0.717, 1.165) is 12.0 Å². The second kappa shape index (κ2) is 8.09. The first kappa shape index (κ1) is 21.5. The quantitative estimate of drug-likeness (QED) is 0.730. The Morgan fingerprint density at radius 2 is 2.00 bits per heavy atom. The molecule has 2 aliphatic rings. The van der Waals surface area contributed by atoms with E-state index >= 15 is 0 Å². The number of likely N-dealkylation sites (tertiary alicyclic amines) is 1. The zero-order valence-electron chi connectivity index (χ0n) is 18.1. The zero-order valence-corrected chi connectivity index (χ0v) is 18.1. The van der Waals surface area contributed by atoms with Crippen molar-refractivity contribution < 1.29 is 24.5 Å². The van der Waals surface area contributed by atoms with Crippen LogP contribution in [0.3, 0.4) is 0 Å². The third-order valence-corrected chi connectivity index (χ3v) is 6.44. The lowest BCUT2D eigenvalue weighted by molar-refractivity contribution is -0.124. The van der Waals surface area contributed by atoms with Crippen molar-refractivity contribution in [2.75, 3.05) is 26.3 Å². The van der Waals surface area contributed by atoms with Crippen molar-refractivity contribution in [1.29, 1.82) is 0 Å². The third kappa shape index (κ3) is 3.85. The fourth-order valence-electron chi connectivity index (χ4n) is 4.51. The maximum atomic E-state index is 12.2. The van der Waals surface area contributed by atoms with E-state index in [0.29, 0.717) is 36.1 Å². The molecule has 0 bridgehead atoms. The highest BCUT2D eigenvalue weighted by Gasteiger charge is 2.57. The first-order valence-electron chi connectivity index (χ1n) is 10.6. The molecular weight excluding hydrogens is 398 g/mol. The van der Waals surface area contributed by atoms with Gasteiger partial charge in [-0.15, -0.1) is 5.10 Å². The van der Waals surface area contributed by atoms with Crippen molar-refractivity contribution in [3.8, 4) is 5.88 Å². The van der Waals surface area contributed by atoms with Gasteiger partial charge in [-0.05, 0) is 17.0 Å². The number of amides is 1. The minimum atomic E-state index is -1.46. The normalized spacial score (nSPS) is 22.1. The first-order chi connectivity index (χ1) is 14.7. The summed E-state index contributed by atoms with van der Waals surface area (Å²) in [5, 5.41) is 29.7. The molecule has 2 saturated heterocycles. The number of aromatic nitrogens is 2. The molecule has 2 aromatic rings. The molecular formula is C23H29N3O5. The van der Waals surface area contributed by atoms with Crippen LogP contribution in [0.25, 0.3) is 0 Å². The predicted molar refractivity (Wildman–Crippen MR) is 113 cm³/mol. The zero-order chi connectivity index (χ0) is 22.2. The Balaban J connectivity index is 1.73. The van der Waals surface area contributed by atoms with Gasteiger partial charge < -0.3 is 24.6 Å². The average Bonchev–Trinajstić information content (AvgIpc) is 3.24. The van der Waals surface area contributed by atoms with E-state index in [9.17, 15) is 15.0 Å². The third-order valence-electron chi connectivity index (χ3n) is 6.44. The van der Waals surface area contributed by atoms with Crippen LogP contribution in [-0.4, -0.2) is 63.8 Å². The van der Waals surface area contributed by atoms with Crippen molar-refractivity contribution in [2.45, 2.75) is 44.8 Å². The van der Waals surface area contributed by atoms with Crippen LogP contribution in [0.15, 0.2) is 36.5 Å². The van der Waals surface area contributed by atoms with Crippen molar-refractivity contribution in [3.05, 3.63) is 53.2 Å². The van der Waals surface area contributed by atoms with Gasteiger partial charge in [-0.25, -0.2) is 4.79 Å². The van der Waals surface area contributed by atoms with E-state index < -0.39 is 17.1 Å². The van der Waals surface area contributed by atoms with Crippen LogP contribution >= 0.6 is 0 Å². The molecule has 1 amide bonds. The van der Waals surface area contributed by atoms with Gasteiger partial charge in [-0.2, -0.15) is 5.10 Å². The standard InChI is InChI=1S/C23H29N3O5/c1-15(2)16-4-6-17(7-5-16)23(29,22(3)13-26(14-22)21(27)28)18-10-20(25-24-11-18)31-19-8-9-30-12-19/h4-7,10-11,15,19,29H,8-9,12-14H2,1-3H3,(H,27,28)/t19-,23-/m0/s1. The fraction of sp³-hybridized carbons (Fsp3) is 0.522. The molecule has 0 spiro atoms. The van der Waals surface area contributed by atoms with Crippen LogP contribution in [0.4, 0.5) is 4.79 Å². The Morgan fingerprint density at radius 1 is 1.29 bits per heavy atom. The summed E-state index contributed by atoms with van der Waals surface area (Å²) in [4.78, 5) is 12.7. The molecule has 8 heteroatoms. The summed E-state index contributed by atoms with van der Waals surface area (Å²) in [6.45, 7) is 7.68. The van der Waals surface area contributed by atoms with E-state index in [-0.39, 0.29) is 19.2 Å². The second-order valence-corrected chi connectivity index (χ2v) is 9.07. The highest BCUT2D eigenvalue weighted by molar-refractivity contribution is 5.67. The molecule has 2 aliphatic heterocycles. The molecule has 2 atom stereocenters. The van der Waals surface area contributed by atoms with Gasteiger partial charge in [-0.1, -0.05) is 45.0 Å². The molecule has 1 aromatic carbocycles. The Morgan fingerprint density at radius 3 is 2.58 bits per heavy atom. The topological polar surface area (TPSA) is 105 Å². The molecule has 2 fully saturated rings. The van der Waals surface area contributed by atoms with E-state index in [2.05, 4.69) is 24.0 Å². The summed E-state index contributed by atoms with van der Waals surface area (Å²) in [5.74, 6) is 0.684. The molecule has 0 unspecified atom stereocenters. The molecule has 166 valence electrons. The van der Waals surface area contributed by atoms with Gasteiger partial charge in [0.15, 0.2) is 0 Å². The maximum absolute atomic E-state index is 12.2. The molecule has 2 N–H and O–H groups in total. The van der Waals surface area contributed by atoms with Gasteiger partial charge in [0, 0.05) is 36.6 Å². The number of hydrogen-bond acceptors (Lipinski definition) is 6. The molecule has 1 aromatic heterocycles. The van der Waals surface area contributed by atoms with E-state index in [4.69, 9.17) is 9.47 Å². The molecule has 8 nitrogen and oxygen atoms in total. The fourth-order valence-corrected chi connectivity index (χ4v) is 4.51. The van der Waals surface area contributed by atoms with Gasteiger partial charge in [-0.3, -0.25) is 0 Å². The lowest BCUT2D eigenvalue weighted by Gasteiger charge is -2.55. The predicted octanol–water partition coefficient (Wildman–Crippen LogP) is 3.00. The number of nitrogens with zero attached hydrogens (tertiary/aromatic N) is 3. The number of benzene rings is 1. The lowest BCUT2D eigenvalue weighted by atomic mass is 9.62. The number of carbonyl (C=O) groups is 1. The van der Waals surface area contributed by atoms with E-state index in [1.54, 1.807) is 6.07 Å². The number of aliphatic hydroxyl groups is 1. The van der Waals surface area contributed by atoms with Gasteiger partial charge >= 0.3 is 6.09 Å². The summed E-state index contributed by atoms with van der Waals surface area (Å²) in [6.07, 6.45) is 1.22. The van der Waals surface area contributed by atoms with Crippen molar-refractivity contribution >= 4 is 6.09 Å². The van der Waals surface area contributed by atoms with Crippen LogP contribution in [-0.2, 0) is 10.3 Å². The van der Waals surface area contributed by atoms with Crippen LogP contribution < -0.4 is 4.74 Å². The summed E-state index contributed by atoms with van der Waals surface area (Å²) < 4.78 is 11.3. The summed E-state index contributed by atoms with van der Waals surface area (Å²) in [6, 6.07) is 9.54. The SMILES string of the molecule is CC(C)c1ccc([C@](O)(c2cnnc(O[C@H]3CCOC3)c2)C2(C)CN(C(=O)O)C2)cc1. The smallest absolute Gasteiger partial charge is 0.407 e. The van der Waals surface area contributed by atoms with Crippen LogP contribution in [0.1, 0.15) is 49.8 Å². The van der Waals surface area contributed by atoms with Gasteiger partial charge in [0.25, 0.3) is 0 Å². The number of rotatable bonds is 6. The number of hydrogen-bond donors (Lipinski definition) is 2. The Hall–Kier alpha value is -2.71. The minimum Gasteiger partial charge on any atom is -0.471 e. The second-order valence-electron chi connectivity index (χ2n) is 9.07. The summed E-state index contributed by atoms with van der Waals surface area (Å²) >= 11 is 0. The molecule has 0 aliphatic carbocycles. The highest BCUT2D eigenvalue weighted by Crippen LogP contribution is 2.50. The lowest BCUT2D eigenvalue weighted by Crippen LogP contribution is -2.66. The van der Waals surface area contributed by atoms with Crippen LogP contribution in [0.2, 0.25) is 0 Å². The van der Waals surface area contributed by atoms with Gasteiger partial charge in [0.05, 0.1) is 19.4 Å². The van der Waals surface area contributed by atoms with Gasteiger partial charge in [0.2, 0.25) is 5.88 Å². The van der Waals surface area contributed by atoms with E-state index in [1.807, 2.05) is 31.2 Å². The molecule has 3 heterocycles. The summed E-state index contributed by atoms with van der Waals surface area (Å²) in [7, 11) is 0. The van der Waals surface area contributed by atoms with Gasteiger partial charge in [0.1, 0.15) is 11.7 Å². The Bertz CT molecular complexity index is 936. The van der Waals surface area contributed by atoms with Crippen LogP contribution in [0.5, 0.6) is 5.88 Å². The largest absolute Gasteiger partial charge is 0.471 e. The molecule has 31 heavy (non-hydrogen) atoms. The van der Waals surface area contributed by atoms with Crippen LogP contribution in [0, 0.1) is 5.41 Å². The Kier molecular flexibility index (Phi) is 5.61. The van der Waals surface area contributed by atoms with E-state index in [1.165, 1.54) is 11.1 Å². The molecule has 0 saturated carbocycles. The van der Waals surface area contributed by atoms with Crippen molar-refractivity contribution in [1.82, 2.24) is 15.1 Å². The molecule has 0 radical (unpaired) electrons. The molecule has 4 rings (SSSR count). The van der Waals surface area contributed by atoms with Crippen molar-refractivity contribution in [2.24, 2.45) is 5.41 Å². The number of carboxylic acid groups (broad SMARTS) is 1. The average molecular weight is 428 g/mol. The first-order valence-corrected chi connectivity index (χ1v) is 10.6. The number of ether oxygens (including phenoxy) is 2. The maximum Gasteiger partial charge on any atom is 0.407 e. The minimum absolute atomic E-state index is 0.0928. The van der Waals surface area contributed by atoms with Crippen molar-refractivity contribution in [3.63, 3.8) is 0 Å². The highest BCUT2D eigenvalue weighted by atomic mass is 16.5. The monoisotopic (exact) mass is 427 g/mol. The Labute approximate surface area is 181 Å².